The van der Waals surface area contributed by atoms with Gasteiger partial charge in [0.2, 0.25) is 0 Å². The topological polar surface area (TPSA) is 26.3 Å². The van der Waals surface area contributed by atoms with Gasteiger partial charge in [-0.15, -0.1) is 0 Å². The third-order valence-electron chi connectivity index (χ3n) is 3.67. The second-order valence-corrected chi connectivity index (χ2v) is 5.08. The van der Waals surface area contributed by atoms with Crippen molar-refractivity contribution in [3.05, 3.63) is 64.7 Å². The van der Waals surface area contributed by atoms with Gasteiger partial charge in [0.15, 0.2) is 5.78 Å². The molecule has 108 valence electrons. The van der Waals surface area contributed by atoms with Crippen LogP contribution in [0.5, 0.6) is 5.75 Å². The van der Waals surface area contributed by atoms with Crippen molar-refractivity contribution in [3.8, 4) is 5.75 Å². The summed E-state index contributed by atoms with van der Waals surface area (Å²) in [6.07, 6.45) is 2.23. The zero-order chi connectivity index (χ0) is 14.8. The van der Waals surface area contributed by atoms with Crippen LogP contribution in [0.4, 0.5) is 8.78 Å². The first-order valence-corrected chi connectivity index (χ1v) is 6.87. The number of ether oxygens (including phenoxy) is 1. The molecule has 0 saturated heterocycles. The molecule has 4 heteroatoms. The fraction of sp³-hybridized carbons (Fsp3) is 0.235. The fourth-order valence-electron chi connectivity index (χ4n) is 2.54. The van der Waals surface area contributed by atoms with Gasteiger partial charge in [-0.25, -0.2) is 8.78 Å². The van der Waals surface area contributed by atoms with Gasteiger partial charge in [0.25, 0.3) is 0 Å². The Hall–Kier alpha value is -2.23. The Kier molecular flexibility index (Phi) is 3.69. The van der Waals surface area contributed by atoms with Gasteiger partial charge in [-0.05, 0) is 48.7 Å². The van der Waals surface area contributed by atoms with Crippen LogP contribution in [0.25, 0.3) is 0 Å². The number of aryl methyl sites for hydroxylation is 1. The molecule has 2 aromatic rings. The predicted octanol–water partition coefficient (Wildman–Crippen LogP) is 4.06. The van der Waals surface area contributed by atoms with E-state index < -0.39 is 11.6 Å². The molecule has 0 spiro atoms. The van der Waals surface area contributed by atoms with Crippen LogP contribution in [0.15, 0.2) is 36.4 Å². The van der Waals surface area contributed by atoms with E-state index in [9.17, 15) is 13.6 Å². The summed E-state index contributed by atoms with van der Waals surface area (Å²) in [5, 5.41) is 0. The number of halogens is 2. The lowest BCUT2D eigenvalue weighted by Crippen LogP contribution is -2.11. The minimum atomic E-state index is -0.622. The highest BCUT2D eigenvalue weighted by Gasteiger charge is 2.17. The molecule has 1 aliphatic rings. The fourth-order valence-corrected chi connectivity index (χ4v) is 2.54. The number of carbonyl (C=O) groups excluding carboxylic acids is 1. The van der Waals surface area contributed by atoms with E-state index in [1.54, 1.807) is 18.2 Å². The highest BCUT2D eigenvalue weighted by molar-refractivity contribution is 5.98. The third-order valence-corrected chi connectivity index (χ3v) is 3.67. The van der Waals surface area contributed by atoms with E-state index >= 15 is 0 Å². The van der Waals surface area contributed by atoms with Crippen LogP contribution >= 0.6 is 0 Å². The maximum Gasteiger partial charge on any atom is 0.163 e. The van der Waals surface area contributed by atoms with Gasteiger partial charge >= 0.3 is 0 Å². The Balaban J connectivity index is 1.78. The van der Waals surface area contributed by atoms with E-state index in [4.69, 9.17) is 4.74 Å². The van der Waals surface area contributed by atoms with Crippen molar-refractivity contribution in [1.82, 2.24) is 0 Å². The van der Waals surface area contributed by atoms with Crippen LogP contribution in [0.2, 0.25) is 0 Å². The van der Waals surface area contributed by atoms with Crippen molar-refractivity contribution in [2.24, 2.45) is 0 Å². The molecule has 21 heavy (non-hydrogen) atoms. The molecule has 0 amide bonds. The number of rotatable bonds is 3. The molecule has 0 aromatic heterocycles. The van der Waals surface area contributed by atoms with E-state index in [1.807, 2.05) is 0 Å². The van der Waals surface area contributed by atoms with Crippen LogP contribution in [-0.2, 0) is 13.0 Å². The van der Waals surface area contributed by atoms with Crippen LogP contribution < -0.4 is 4.74 Å². The molecule has 0 unspecified atom stereocenters. The van der Waals surface area contributed by atoms with Crippen LogP contribution in [-0.4, -0.2) is 5.78 Å². The van der Waals surface area contributed by atoms with Crippen molar-refractivity contribution in [3.63, 3.8) is 0 Å². The van der Waals surface area contributed by atoms with Gasteiger partial charge < -0.3 is 4.74 Å². The smallest absolute Gasteiger partial charge is 0.163 e. The lowest BCUT2D eigenvalue weighted by Gasteiger charge is -2.16. The highest BCUT2D eigenvalue weighted by Crippen LogP contribution is 2.26. The molecule has 0 bridgehead atoms. The minimum absolute atomic E-state index is 0.0914. The molecule has 0 heterocycles. The monoisotopic (exact) mass is 288 g/mol. The number of Topliss-reactive ketones (excluding diaryl/α,β-unsaturated/α-hetero) is 1. The van der Waals surface area contributed by atoms with Gasteiger partial charge in [-0.3, -0.25) is 4.79 Å². The number of hydrogen-bond donors (Lipinski definition) is 0. The quantitative estimate of drug-likeness (QED) is 0.851. The highest BCUT2D eigenvalue weighted by atomic mass is 19.1. The second-order valence-electron chi connectivity index (χ2n) is 5.08. The van der Waals surface area contributed by atoms with Crippen LogP contribution in [0.3, 0.4) is 0 Å². The van der Waals surface area contributed by atoms with Crippen molar-refractivity contribution >= 4 is 5.78 Å². The van der Waals surface area contributed by atoms with Crippen molar-refractivity contribution < 1.29 is 18.3 Å². The van der Waals surface area contributed by atoms with Gasteiger partial charge in [-0.1, -0.05) is 6.07 Å². The van der Waals surface area contributed by atoms with E-state index in [0.717, 1.165) is 24.0 Å². The summed E-state index contributed by atoms with van der Waals surface area (Å²) < 4.78 is 32.5. The summed E-state index contributed by atoms with van der Waals surface area (Å²) in [5.74, 6) is -0.583. The molecule has 3 rings (SSSR count). The number of ketones is 1. The SMILES string of the molecule is O=C1CCCc2cc(OCc3c(F)cccc3F)ccc21. The van der Waals surface area contributed by atoms with E-state index in [2.05, 4.69) is 0 Å². The first-order chi connectivity index (χ1) is 10.1. The van der Waals surface area contributed by atoms with Gasteiger partial charge in [0, 0.05) is 12.0 Å². The predicted molar refractivity (Wildman–Crippen MR) is 74.4 cm³/mol. The lowest BCUT2D eigenvalue weighted by molar-refractivity contribution is 0.0972. The maximum atomic E-state index is 13.5. The molecule has 0 radical (unpaired) electrons. The Morgan fingerprint density at radius 1 is 1.05 bits per heavy atom. The zero-order valence-electron chi connectivity index (χ0n) is 11.4. The summed E-state index contributed by atoms with van der Waals surface area (Å²) in [5.41, 5.74) is 1.58. The first-order valence-electron chi connectivity index (χ1n) is 6.87. The Labute approximate surface area is 121 Å². The molecular weight excluding hydrogens is 274 g/mol. The summed E-state index contributed by atoms with van der Waals surface area (Å²) in [7, 11) is 0. The molecule has 0 fully saturated rings. The summed E-state index contributed by atoms with van der Waals surface area (Å²) in [6.45, 7) is -0.175. The van der Waals surface area contributed by atoms with Gasteiger partial charge in [0.05, 0.1) is 5.56 Å². The zero-order valence-corrected chi connectivity index (χ0v) is 11.4. The molecule has 1 aliphatic carbocycles. The van der Waals surface area contributed by atoms with Gasteiger partial charge in [-0.2, -0.15) is 0 Å². The molecule has 0 N–H and O–H groups in total. The van der Waals surface area contributed by atoms with Crippen LogP contribution in [0.1, 0.15) is 34.3 Å². The van der Waals surface area contributed by atoms with Gasteiger partial charge in [0.1, 0.15) is 24.0 Å². The van der Waals surface area contributed by atoms with Crippen molar-refractivity contribution in [1.29, 1.82) is 0 Å². The minimum Gasteiger partial charge on any atom is -0.489 e. The van der Waals surface area contributed by atoms with E-state index in [0.29, 0.717) is 12.2 Å². The summed E-state index contributed by atoms with van der Waals surface area (Å²) >= 11 is 0. The third kappa shape index (κ3) is 2.79. The Morgan fingerprint density at radius 3 is 2.57 bits per heavy atom. The van der Waals surface area contributed by atoms with Crippen molar-refractivity contribution in [2.45, 2.75) is 25.9 Å². The molecule has 0 aliphatic heterocycles. The summed E-state index contributed by atoms with van der Waals surface area (Å²) in [6, 6.07) is 8.90. The summed E-state index contributed by atoms with van der Waals surface area (Å²) in [4.78, 5) is 11.7. The number of benzene rings is 2. The number of carbonyl (C=O) groups is 1. The molecule has 0 saturated carbocycles. The average molecular weight is 288 g/mol. The number of fused-ring (bicyclic) bond motifs is 1. The maximum absolute atomic E-state index is 13.5. The van der Waals surface area contributed by atoms with Crippen LogP contribution in [0, 0.1) is 11.6 Å². The van der Waals surface area contributed by atoms with E-state index in [-0.39, 0.29) is 18.0 Å². The molecular formula is C17H14F2O2. The normalized spacial score (nSPS) is 13.9. The second kappa shape index (κ2) is 5.64. The first kappa shape index (κ1) is 13.7. The largest absolute Gasteiger partial charge is 0.489 e. The average Bonchev–Trinajstić information content (AvgIpc) is 2.47. The van der Waals surface area contributed by atoms with E-state index in [1.165, 1.54) is 18.2 Å². The Morgan fingerprint density at radius 2 is 1.81 bits per heavy atom. The molecule has 2 aromatic carbocycles. The number of hydrogen-bond acceptors (Lipinski definition) is 2. The standard InChI is InChI=1S/C17H14F2O2/c18-15-4-2-5-16(19)14(15)10-21-12-7-8-13-11(9-12)3-1-6-17(13)20/h2,4-5,7-9H,1,3,6,10H2. The molecule has 2 nitrogen and oxygen atoms in total. The van der Waals surface area contributed by atoms with Crippen molar-refractivity contribution in [2.75, 3.05) is 0 Å². The molecule has 0 atom stereocenters. The Bertz CT molecular complexity index is 675. The lowest BCUT2D eigenvalue weighted by atomic mass is 9.90.